The van der Waals surface area contributed by atoms with Crippen LogP contribution in [0, 0.1) is 17.8 Å². The average Bonchev–Trinajstić information content (AvgIpc) is 1.60. The highest BCUT2D eigenvalue weighted by Gasteiger charge is 2.49. The molecule has 2 aromatic heterocycles. The molecule has 5 heterocycles. The molecule has 3 saturated heterocycles. The van der Waals surface area contributed by atoms with E-state index in [2.05, 4.69) is 106 Å². The number of alkyl halides is 1. The highest BCUT2D eigenvalue weighted by molar-refractivity contribution is 9.10. The predicted molar refractivity (Wildman–Crippen MR) is 498 cm³/mol. The van der Waals surface area contributed by atoms with Crippen LogP contribution >= 0.6 is 78.3 Å². The molecule has 3 fully saturated rings. The molecular formula is C95H105Br2Cl4N9O19. The van der Waals surface area contributed by atoms with E-state index in [-0.39, 0.29) is 107 Å². The summed E-state index contributed by atoms with van der Waals surface area (Å²) in [7, 11) is 2.61. The number of ether oxygens (including phenoxy) is 6. The molecule has 686 valence electrons. The molecule has 3 amide bonds. The lowest BCUT2D eigenvalue weighted by atomic mass is 10.0. The number of nitrogens with two attached hydrogens (primary N) is 1. The van der Waals surface area contributed by atoms with Crippen LogP contribution in [-0.4, -0.2) is 178 Å². The number of rotatable bonds is 22. The highest BCUT2D eigenvalue weighted by Crippen LogP contribution is 2.52. The van der Waals surface area contributed by atoms with Gasteiger partial charge in [-0.15, -0.1) is 0 Å². The minimum Gasteiger partial charge on any atom is -0.506 e. The molecule has 28 nitrogen and oxygen atoms in total. The number of carboxylic acid groups (broad SMARTS) is 1. The standard InChI is InChI=1S/C24H24BrN3O4.C24H24ClN3O4.C15H19N3O2.C11H13ClO3.C10H11ClO3.C8H7ClO3.C3H7Br/c2*1-13(2)31-20-7-6-14(11-19(20)25)24-26-23(27-32-24)17-5-3-4-16-18(17)10-15-12-21(30)28(8-9-29)22(15)16;1-2-6-18-13(19)8-9-7-12-10(14(9)18)4-3-5-11(12)15(16)17-20;1-7(2)15-10-5-4-8(6-9(10)12)11(13)14-3;1-6(2)14-9-4-3-7(10(12)13)5-8(9)11;1-12-8(11)5-2-3-7(10)6(9)4-5;1-3(2)4/h2*3-7,11,13,15,22,29H,8-10,12H2,1-2H3;3-5,9,14,20H,2,6-8H2,1H3,(H2,16,17);4-7H,1-3H3;3-6H,1-2H3,(H,12,13);2-4,10H,1H3;3H,1-2H3. The maximum Gasteiger partial charge on any atom is 0.337 e. The van der Waals surface area contributed by atoms with Gasteiger partial charge in [0.25, 0.3) is 11.8 Å². The van der Waals surface area contributed by atoms with E-state index in [0.29, 0.717) is 116 Å². The van der Waals surface area contributed by atoms with Crippen LogP contribution in [0.25, 0.3) is 45.7 Å². The van der Waals surface area contributed by atoms with E-state index < -0.39 is 17.9 Å². The molecule has 0 radical (unpaired) electrons. The largest absolute Gasteiger partial charge is 0.506 e. The van der Waals surface area contributed by atoms with Crippen LogP contribution in [0.1, 0.15) is 190 Å². The van der Waals surface area contributed by atoms with E-state index in [1.807, 2.05) is 121 Å². The second-order valence-electron chi connectivity index (χ2n) is 32.2. The van der Waals surface area contributed by atoms with Crippen molar-refractivity contribution < 1.29 is 91.9 Å². The van der Waals surface area contributed by atoms with Gasteiger partial charge in [-0.25, -0.2) is 14.4 Å². The number of β-amino-alcohol motifs (C(OH)–C–C–N with tert-alkyl or cyclic N) is 2. The molecule has 7 N–H and O–H groups in total. The lowest BCUT2D eigenvalue weighted by molar-refractivity contribution is -0.130. The monoisotopic (exact) mass is 1970 g/mol. The SMILES string of the molecule is CC(C)Br.CC(C)Oc1ccc(-c2nc(-c3cccc4c3CC3CC(=O)N(CCO)C43)no2)cc1Br.CC(C)Oc1ccc(-c2nc(-c3cccc4c3CC3CC(=O)N(CCO)C43)no2)cc1Cl.CC(C)Oc1ccc(C(=O)O)cc1Cl.CCCN1C(=O)CC2Cc3c(/C(N)=N/O)cccc3C21.COC(=O)c1ccc(O)c(Cl)c1.COC(=O)c1ccc(OC(C)C)c(Cl)c1. The summed E-state index contributed by atoms with van der Waals surface area (Å²) in [4.78, 5) is 85.1. The van der Waals surface area contributed by atoms with Crippen molar-refractivity contribution in [2.45, 2.75) is 168 Å². The lowest BCUT2D eigenvalue weighted by Gasteiger charge is -2.24. The van der Waals surface area contributed by atoms with Gasteiger partial charge in [-0.05, 0) is 239 Å². The van der Waals surface area contributed by atoms with Crippen molar-refractivity contribution >= 4 is 120 Å². The number of hydrogen-bond donors (Lipinski definition) is 6. The Labute approximate surface area is 785 Å². The first-order chi connectivity index (χ1) is 61.5. The number of phenolic OH excluding ortho intramolecular Hbond substituents is 1. The molecule has 0 bridgehead atoms. The number of benzene rings is 8. The zero-order valence-corrected chi connectivity index (χ0v) is 79.8. The summed E-state index contributed by atoms with van der Waals surface area (Å²) in [5.74, 6) is 3.76. The molecule has 3 aliphatic heterocycles. The topological polar surface area (TPSA) is 385 Å². The smallest absolute Gasteiger partial charge is 0.337 e. The van der Waals surface area contributed by atoms with Gasteiger partial charge < -0.3 is 83.5 Å². The second-order valence-corrected chi connectivity index (χ2v) is 36.5. The van der Waals surface area contributed by atoms with Crippen molar-refractivity contribution in [3.8, 4) is 74.4 Å². The van der Waals surface area contributed by atoms with Crippen molar-refractivity contribution in [1.82, 2.24) is 35.0 Å². The normalized spacial score (nSPS) is 17.0. The van der Waals surface area contributed by atoms with Gasteiger partial charge in [0.05, 0.1) is 111 Å². The first kappa shape index (κ1) is 100. The molecule has 8 aromatic carbocycles. The fourth-order valence-corrected chi connectivity index (χ4v) is 17.5. The van der Waals surface area contributed by atoms with Crippen LogP contribution in [0.5, 0.6) is 28.7 Å². The fourth-order valence-electron chi connectivity index (χ4n) is 16.2. The maximum absolute atomic E-state index is 12.4. The minimum atomic E-state index is -0.997. The number of oxime groups is 1. The van der Waals surface area contributed by atoms with Crippen molar-refractivity contribution in [3.05, 3.63) is 226 Å². The number of aromatic nitrogens is 4. The number of likely N-dealkylation sites (tertiary alicyclic amines) is 3. The number of esters is 2. The number of aromatic hydroxyl groups is 1. The van der Waals surface area contributed by atoms with Gasteiger partial charge >= 0.3 is 17.9 Å². The molecule has 6 aliphatic rings. The van der Waals surface area contributed by atoms with Gasteiger partial charge in [-0.2, -0.15) is 9.97 Å². The molecule has 3 aliphatic carbocycles. The van der Waals surface area contributed by atoms with Gasteiger partial charge in [0.15, 0.2) is 5.84 Å². The molecule has 10 aromatic rings. The molecule has 0 spiro atoms. The highest BCUT2D eigenvalue weighted by atomic mass is 79.9. The first-order valence-electron chi connectivity index (χ1n) is 42.0. The Morgan fingerprint density at radius 1 is 0.504 bits per heavy atom. The Kier molecular flexibility index (Phi) is 35.9. The Bertz CT molecular complexity index is 5490. The third-order valence-electron chi connectivity index (χ3n) is 21.2. The van der Waals surface area contributed by atoms with E-state index >= 15 is 0 Å². The Morgan fingerprint density at radius 2 is 0.868 bits per heavy atom. The van der Waals surface area contributed by atoms with E-state index in [0.717, 1.165) is 92.5 Å². The number of carbonyl (C=O) groups excluding carboxylic acids is 5. The van der Waals surface area contributed by atoms with Crippen LogP contribution in [0.3, 0.4) is 0 Å². The lowest BCUT2D eigenvalue weighted by Crippen LogP contribution is -2.30. The van der Waals surface area contributed by atoms with Crippen molar-refractivity contribution in [1.29, 1.82) is 0 Å². The predicted octanol–water partition coefficient (Wildman–Crippen LogP) is 19.7. The third kappa shape index (κ3) is 25.0. The van der Waals surface area contributed by atoms with E-state index in [4.69, 9.17) is 95.6 Å². The first-order valence-corrected chi connectivity index (χ1v) is 45.2. The van der Waals surface area contributed by atoms with Crippen molar-refractivity contribution in [2.75, 3.05) is 47.1 Å². The molecule has 16 rings (SSSR count). The number of amides is 3. The third-order valence-corrected chi connectivity index (χ3v) is 23.0. The number of fused-ring (bicyclic) bond motifs is 9. The number of hydrogen-bond acceptors (Lipinski definition) is 23. The zero-order chi connectivity index (χ0) is 93.9. The van der Waals surface area contributed by atoms with Crippen molar-refractivity contribution in [2.24, 2.45) is 28.6 Å². The Balaban J connectivity index is 0.000000166. The number of aromatic carboxylic acids is 1. The summed E-state index contributed by atoms with van der Waals surface area (Å²) in [5, 5.41) is 58.3. The van der Waals surface area contributed by atoms with E-state index in [9.17, 15) is 39.0 Å². The number of nitrogens with zero attached hydrogens (tertiary/aromatic N) is 8. The van der Waals surface area contributed by atoms with Crippen LogP contribution in [0.15, 0.2) is 164 Å². The number of carbonyl (C=O) groups is 6. The molecular weight excluding hydrogens is 1870 g/mol. The summed E-state index contributed by atoms with van der Waals surface area (Å²) in [6.07, 6.45) is 5.15. The summed E-state index contributed by atoms with van der Waals surface area (Å²) in [6, 6.07) is 42.5. The van der Waals surface area contributed by atoms with Crippen molar-refractivity contribution in [3.63, 3.8) is 0 Å². The Hall–Kier alpha value is -10.8. The van der Waals surface area contributed by atoms with E-state index in [1.54, 1.807) is 40.1 Å². The quantitative estimate of drug-likeness (QED) is 0.00916. The molecule has 0 saturated carbocycles. The zero-order valence-electron chi connectivity index (χ0n) is 73.6. The number of aliphatic hydroxyl groups excluding tert-OH is 2. The number of halogens is 6. The van der Waals surface area contributed by atoms with Gasteiger partial charge in [0.2, 0.25) is 29.4 Å². The molecule has 6 atom stereocenters. The maximum atomic E-state index is 12.4. The van der Waals surface area contributed by atoms with Gasteiger partial charge in [0.1, 0.15) is 28.7 Å². The Morgan fingerprint density at radius 3 is 1.26 bits per heavy atom. The second kappa shape index (κ2) is 46.1. The molecule has 34 heteroatoms. The summed E-state index contributed by atoms with van der Waals surface area (Å²) in [5.41, 5.74) is 17.6. The number of methoxy groups -OCH3 is 2. The number of phenols is 1. The van der Waals surface area contributed by atoms with Gasteiger partial charge in [0, 0.05) is 71.5 Å². The number of aliphatic hydroxyl groups is 2. The minimum absolute atomic E-state index is 0.00304. The van der Waals surface area contributed by atoms with Crippen LogP contribution < -0.4 is 24.7 Å². The number of carboxylic acids is 1. The van der Waals surface area contributed by atoms with Crippen LogP contribution in [0.4, 0.5) is 0 Å². The van der Waals surface area contributed by atoms with Crippen LogP contribution in [0.2, 0.25) is 20.1 Å². The summed E-state index contributed by atoms with van der Waals surface area (Å²) < 4.78 is 43.2. The molecule has 6 unspecified atom stereocenters. The summed E-state index contributed by atoms with van der Waals surface area (Å²) in [6.45, 7) is 23.1. The van der Waals surface area contributed by atoms with Gasteiger partial charge in [-0.1, -0.05) is 153 Å². The molecule has 129 heavy (non-hydrogen) atoms. The van der Waals surface area contributed by atoms with Crippen LogP contribution in [-0.2, 0) is 43.1 Å². The fraction of sp³-hybridized carbons (Fsp3) is 0.379. The van der Waals surface area contributed by atoms with Gasteiger partial charge in [-0.3, -0.25) is 14.4 Å². The number of amidine groups is 1. The van der Waals surface area contributed by atoms with E-state index in [1.165, 1.54) is 56.2 Å². The average molecular weight is 1980 g/mol. The summed E-state index contributed by atoms with van der Waals surface area (Å²) >= 11 is 30.5.